The molecule has 0 spiro atoms. The Morgan fingerprint density at radius 1 is 1.07 bits per heavy atom. The summed E-state index contributed by atoms with van der Waals surface area (Å²) in [4.78, 5) is 35.3. The molecule has 1 saturated heterocycles. The van der Waals surface area contributed by atoms with Crippen molar-refractivity contribution in [2.45, 2.75) is 0 Å². The number of hydrogen-bond acceptors (Lipinski definition) is 5. The predicted molar refractivity (Wildman–Crippen MR) is 106 cm³/mol. The van der Waals surface area contributed by atoms with E-state index in [0.29, 0.717) is 11.3 Å². The summed E-state index contributed by atoms with van der Waals surface area (Å²) in [5.74, 6) is -0.579. The Balaban J connectivity index is 1.65. The van der Waals surface area contributed by atoms with Crippen molar-refractivity contribution in [3.8, 4) is 11.3 Å². The van der Waals surface area contributed by atoms with Gasteiger partial charge in [-0.1, -0.05) is 29.8 Å². The lowest BCUT2D eigenvalue weighted by atomic mass is 10.1. The van der Waals surface area contributed by atoms with Gasteiger partial charge in [0.1, 0.15) is 17.1 Å². The van der Waals surface area contributed by atoms with E-state index in [1.165, 1.54) is 24.3 Å². The van der Waals surface area contributed by atoms with Crippen molar-refractivity contribution in [2.75, 3.05) is 5.01 Å². The third-order valence-corrected chi connectivity index (χ3v) is 4.58. The van der Waals surface area contributed by atoms with Gasteiger partial charge in [-0.05, 0) is 36.4 Å². The highest BCUT2D eigenvalue weighted by Gasteiger charge is 2.34. The van der Waals surface area contributed by atoms with Crippen LogP contribution in [0.15, 0.2) is 70.7 Å². The molecule has 0 radical (unpaired) electrons. The summed E-state index contributed by atoms with van der Waals surface area (Å²) in [6, 6.07) is 15.8. The molecule has 8 nitrogen and oxygen atoms in total. The lowest BCUT2D eigenvalue weighted by molar-refractivity contribution is -0.384. The molecule has 1 aliphatic heterocycles. The summed E-state index contributed by atoms with van der Waals surface area (Å²) in [5, 5.41) is 12.4. The van der Waals surface area contributed by atoms with Gasteiger partial charge < -0.3 is 4.42 Å². The van der Waals surface area contributed by atoms with Gasteiger partial charge in [-0.2, -0.15) is 0 Å². The number of anilines is 1. The van der Waals surface area contributed by atoms with Crippen LogP contribution >= 0.6 is 11.6 Å². The second kappa shape index (κ2) is 7.25. The van der Waals surface area contributed by atoms with Crippen LogP contribution in [0.4, 0.5) is 11.4 Å². The summed E-state index contributed by atoms with van der Waals surface area (Å²) >= 11 is 6.13. The highest BCUT2D eigenvalue weighted by Crippen LogP contribution is 2.33. The number of furan rings is 1. The summed E-state index contributed by atoms with van der Waals surface area (Å²) in [6.07, 6.45) is 1.31. The highest BCUT2D eigenvalue weighted by atomic mass is 35.5. The van der Waals surface area contributed by atoms with Gasteiger partial charge in [-0.15, -0.1) is 0 Å². The number of para-hydroxylation sites is 1. The number of rotatable bonds is 4. The fraction of sp³-hybridized carbons (Fsp3) is 0. The van der Waals surface area contributed by atoms with Gasteiger partial charge in [-0.25, -0.2) is 5.01 Å². The van der Waals surface area contributed by atoms with E-state index in [9.17, 15) is 19.7 Å². The number of hydrazine groups is 1. The van der Waals surface area contributed by atoms with Crippen LogP contribution in [0.2, 0.25) is 5.02 Å². The van der Waals surface area contributed by atoms with Gasteiger partial charge in [0.25, 0.3) is 17.5 Å². The predicted octanol–water partition coefficient (Wildman–Crippen LogP) is 3.97. The van der Waals surface area contributed by atoms with Gasteiger partial charge in [0.2, 0.25) is 0 Å². The fourth-order valence-electron chi connectivity index (χ4n) is 2.85. The molecule has 1 aromatic heterocycles. The number of hydrogen-bond donors (Lipinski definition) is 1. The number of carbonyl (C=O) groups excluding carboxylic acids is 2. The van der Waals surface area contributed by atoms with E-state index in [2.05, 4.69) is 5.43 Å². The number of nitrogens with zero attached hydrogens (tertiary/aromatic N) is 2. The first-order chi connectivity index (χ1) is 13.9. The molecule has 0 unspecified atom stereocenters. The molecule has 0 aliphatic carbocycles. The van der Waals surface area contributed by atoms with Crippen molar-refractivity contribution in [1.29, 1.82) is 0 Å². The third kappa shape index (κ3) is 3.48. The van der Waals surface area contributed by atoms with Crippen LogP contribution in [0.1, 0.15) is 5.76 Å². The molecule has 0 bridgehead atoms. The van der Waals surface area contributed by atoms with Gasteiger partial charge in [0, 0.05) is 17.7 Å². The number of non-ortho nitro benzene ring substituents is 1. The molecule has 144 valence electrons. The van der Waals surface area contributed by atoms with Crippen LogP contribution in [0.25, 0.3) is 17.4 Å². The van der Waals surface area contributed by atoms with Crippen molar-refractivity contribution in [2.24, 2.45) is 0 Å². The summed E-state index contributed by atoms with van der Waals surface area (Å²) < 4.78 is 5.65. The second-order valence-electron chi connectivity index (χ2n) is 6.10. The smallest absolute Gasteiger partial charge is 0.282 e. The average molecular weight is 410 g/mol. The average Bonchev–Trinajstić information content (AvgIpc) is 3.29. The fourth-order valence-corrected chi connectivity index (χ4v) is 3.06. The Hall–Kier alpha value is -3.91. The molecule has 4 rings (SSSR count). The molecule has 2 heterocycles. The first-order valence-electron chi connectivity index (χ1n) is 8.40. The maximum Gasteiger partial charge on any atom is 0.282 e. The molecule has 3 aromatic rings. The quantitative estimate of drug-likeness (QED) is 0.304. The Bertz CT molecular complexity index is 1170. The lowest BCUT2D eigenvalue weighted by Gasteiger charge is -2.13. The minimum Gasteiger partial charge on any atom is -0.457 e. The minimum absolute atomic E-state index is 0.0973. The summed E-state index contributed by atoms with van der Waals surface area (Å²) in [6.45, 7) is 0. The van der Waals surface area contributed by atoms with Crippen LogP contribution in [0.5, 0.6) is 0 Å². The first kappa shape index (κ1) is 18.5. The molecule has 0 saturated carbocycles. The van der Waals surface area contributed by atoms with E-state index < -0.39 is 16.7 Å². The van der Waals surface area contributed by atoms with Crippen LogP contribution in [-0.4, -0.2) is 16.7 Å². The number of nitro groups is 1. The van der Waals surface area contributed by atoms with E-state index in [4.69, 9.17) is 16.0 Å². The maximum atomic E-state index is 12.6. The van der Waals surface area contributed by atoms with E-state index in [0.717, 1.165) is 5.01 Å². The molecule has 1 aliphatic rings. The van der Waals surface area contributed by atoms with E-state index in [1.807, 2.05) is 0 Å². The van der Waals surface area contributed by atoms with Gasteiger partial charge in [-0.3, -0.25) is 25.1 Å². The van der Waals surface area contributed by atoms with Gasteiger partial charge in [0.05, 0.1) is 15.6 Å². The summed E-state index contributed by atoms with van der Waals surface area (Å²) in [5.41, 5.74) is 3.12. The van der Waals surface area contributed by atoms with Gasteiger partial charge >= 0.3 is 0 Å². The minimum atomic E-state index is -0.565. The van der Waals surface area contributed by atoms with Crippen LogP contribution in [0.3, 0.4) is 0 Å². The van der Waals surface area contributed by atoms with Crippen molar-refractivity contribution in [3.05, 3.63) is 87.1 Å². The Kier molecular flexibility index (Phi) is 4.61. The molecule has 9 heteroatoms. The van der Waals surface area contributed by atoms with Crippen LogP contribution < -0.4 is 10.4 Å². The molecule has 1 fully saturated rings. The zero-order valence-electron chi connectivity index (χ0n) is 14.7. The lowest BCUT2D eigenvalue weighted by Crippen LogP contribution is -2.35. The van der Waals surface area contributed by atoms with Crippen molar-refractivity contribution in [1.82, 2.24) is 5.43 Å². The SMILES string of the molecule is O=C1NN(c2ccccc2)C(=O)/C1=C/c1ccc(-c2cc([N+](=O)[O-])ccc2Cl)o1. The molecule has 1 N–H and O–H groups in total. The number of nitro benzene ring substituents is 1. The number of carbonyl (C=O) groups is 2. The molecule has 2 aromatic carbocycles. The largest absolute Gasteiger partial charge is 0.457 e. The molecule has 0 atom stereocenters. The van der Waals surface area contributed by atoms with E-state index in [-0.39, 0.29) is 27.8 Å². The number of halogens is 1. The van der Waals surface area contributed by atoms with Crippen molar-refractivity contribution < 1.29 is 18.9 Å². The van der Waals surface area contributed by atoms with Crippen molar-refractivity contribution in [3.63, 3.8) is 0 Å². The van der Waals surface area contributed by atoms with E-state index in [1.54, 1.807) is 42.5 Å². The highest BCUT2D eigenvalue weighted by molar-refractivity contribution is 6.33. The standard InChI is InChI=1S/C20H12ClN3O5/c21-17-8-6-13(24(27)28)10-15(17)18-9-7-14(29-18)11-16-19(25)22-23(20(16)26)12-4-2-1-3-5-12/h1-11H,(H,22,25)/b16-11+. The van der Waals surface area contributed by atoms with Crippen LogP contribution in [-0.2, 0) is 9.59 Å². The van der Waals surface area contributed by atoms with Gasteiger partial charge in [0.15, 0.2) is 0 Å². The second-order valence-corrected chi connectivity index (χ2v) is 6.51. The topological polar surface area (TPSA) is 106 Å². The Morgan fingerprint density at radius 2 is 1.83 bits per heavy atom. The number of nitrogens with one attached hydrogen (secondary N) is 1. The number of benzene rings is 2. The van der Waals surface area contributed by atoms with Crippen molar-refractivity contribution >= 4 is 40.9 Å². The van der Waals surface area contributed by atoms with Crippen LogP contribution in [0, 0.1) is 10.1 Å². The maximum absolute atomic E-state index is 12.6. The number of amides is 2. The molecular weight excluding hydrogens is 398 g/mol. The Labute approximate surface area is 169 Å². The first-order valence-corrected chi connectivity index (χ1v) is 8.78. The molecule has 29 heavy (non-hydrogen) atoms. The third-order valence-electron chi connectivity index (χ3n) is 4.25. The zero-order chi connectivity index (χ0) is 20.5. The Morgan fingerprint density at radius 3 is 2.55 bits per heavy atom. The van der Waals surface area contributed by atoms with E-state index >= 15 is 0 Å². The summed E-state index contributed by atoms with van der Waals surface area (Å²) in [7, 11) is 0. The monoisotopic (exact) mass is 409 g/mol. The normalized spacial score (nSPS) is 15.1. The zero-order valence-corrected chi connectivity index (χ0v) is 15.4. The molecule has 2 amide bonds. The molecular formula is C20H12ClN3O5.